The molecule has 18 aromatic carbocycles. The fraction of sp³-hybridized carbons (Fsp3) is 0. The second kappa shape index (κ2) is 29.3. The molecule has 20 aromatic rings. The van der Waals surface area contributed by atoms with Gasteiger partial charge in [-0.2, -0.15) is 0 Å². The van der Waals surface area contributed by atoms with E-state index in [4.69, 9.17) is 4.42 Å². The van der Waals surface area contributed by atoms with Crippen molar-refractivity contribution in [2.24, 2.45) is 0 Å². The van der Waals surface area contributed by atoms with E-state index in [2.05, 4.69) is 446 Å². The summed E-state index contributed by atoms with van der Waals surface area (Å²) in [6, 6.07) is 156. The number of hydrogen-bond acceptors (Lipinski definition) is 2. The van der Waals surface area contributed by atoms with Gasteiger partial charge < -0.3 is 13.9 Å². The van der Waals surface area contributed by atoms with E-state index in [1.54, 1.807) is 0 Å². The zero-order valence-electron chi connectivity index (χ0n) is 58.9. The van der Waals surface area contributed by atoms with Crippen LogP contribution in [0.1, 0.15) is 0 Å². The van der Waals surface area contributed by atoms with Crippen molar-refractivity contribution in [1.29, 1.82) is 0 Å². The Bertz CT molecular complexity index is 6170. The van der Waals surface area contributed by atoms with Crippen LogP contribution in [0, 0.1) is 0 Å². The average Bonchev–Trinajstić information content (AvgIpc) is 1.51. The van der Waals surface area contributed by atoms with Crippen molar-refractivity contribution in [2.45, 2.75) is 0 Å². The predicted octanol–water partition coefficient (Wildman–Crippen LogP) is 29.2. The first-order chi connectivity index (χ1) is 53.1. The summed E-state index contributed by atoms with van der Waals surface area (Å²) in [7, 11) is 0. The summed E-state index contributed by atoms with van der Waals surface area (Å²) in [5, 5.41) is 9.87. The fourth-order valence-electron chi connectivity index (χ4n) is 15.4. The van der Waals surface area contributed by atoms with Gasteiger partial charge in [-0.15, -0.1) is 0 Å². The molecule has 3 heteroatoms. The Labute approximate surface area is 623 Å². The van der Waals surface area contributed by atoms with E-state index in [1.165, 1.54) is 138 Å². The smallest absolute Gasteiger partial charge is 0.135 e. The lowest BCUT2D eigenvalue weighted by Gasteiger charge is -2.26. The quantitative estimate of drug-likeness (QED) is 0.114. The van der Waals surface area contributed by atoms with E-state index in [9.17, 15) is 0 Å². The minimum atomic E-state index is 0.901. The van der Waals surface area contributed by atoms with Gasteiger partial charge in [0, 0.05) is 44.3 Å². The van der Waals surface area contributed by atoms with Crippen LogP contribution in [-0.4, -0.2) is 4.57 Å². The Balaban J connectivity index is 0.000000118. The number of para-hydroxylation sites is 2. The molecule has 0 spiro atoms. The van der Waals surface area contributed by atoms with Gasteiger partial charge in [0.1, 0.15) is 11.2 Å². The molecule has 0 amide bonds. The van der Waals surface area contributed by atoms with Crippen LogP contribution < -0.4 is 4.90 Å². The standard InChI is InChI=1S/C44H28O.C36H27N.C24H17N/c1-3-12-29(13-4-1)31-16-11-17-32(26-31)33-22-24-41-39(27-33)40-28-34(23-25-42(40)45-41)44-37-20-9-7-18-35(37)43(30-14-5-2-6-15-30)36-19-8-10-21-38(36)44;1-4-10-28(11-5-1)31-16-22-34(23-17-31)37(35-24-18-32(19-25-35)29-12-6-2-7-13-29)36-26-20-33(21-27-36)30-14-8-3-9-15-30;1-2-8-18(9-3-1)19-14-16-20(17-15-19)25-23-12-6-4-10-21(23)22-11-5-7-13-24(22)25/h1-28H;1-27H;1-17H. The third-order valence-electron chi connectivity index (χ3n) is 20.6. The van der Waals surface area contributed by atoms with E-state index in [0.29, 0.717) is 0 Å². The van der Waals surface area contributed by atoms with Crippen LogP contribution in [0.5, 0.6) is 0 Å². The summed E-state index contributed by atoms with van der Waals surface area (Å²) >= 11 is 0. The van der Waals surface area contributed by atoms with Gasteiger partial charge in [0.15, 0.2) is 0 Å². The second-order valence-electron chi connectivity index (χ2n) is 27.0. The molecular weight excluding hydrogens is 1290 g/mol. The first-order valence-electron chi connectivity index (χ1n) is 36.6. The van der Waals surface area contributed by atoms with Gasteiger partial charge in [0.05, 0.1) is 11.0 Å². The maximum Gasteiger partial charge on any atom is 0.135 e. The first kappa shape index (κ1) is 64.9. The van der Waals surface area contributed by atoms with Crippen LogP contribution in [0.4, 0.5) is 17.1 Å². The minimum absolute atomic E-state index is 0.901. The largest absolute Gasteiger partial charge is 0.456 e. The lowest BCUT2D eigenvalue weighted by Crippen LogP contribution is -2.09. The van der Waals surface area contributed by atoms with Gasteiger partial charge in [0.25, 0.3) is 0 Å². The normalized spacial score (nSPS) is 11.2. The average molecular weight is 1370 g/mol. The van der Waals surface area contributed by atoms with Crippen LogP contribution in [-0.2, 0) is 0 Å². The summed E-state index contributed by atoms with van der Waals surface area (Å²) in [6.45, 7) is 0. The molecule has 0 N–H and O–H groups in total. The summed E-state index contributed by atoms with van der Waals surface area (Å²) in [4.78, 5) is 2.32. The van der Waals surface area contributed by atoms with Gasteiger partial charge in [-0.05, 0) is 202 Å². The summed E-state index contributed by atoms with van der Waals surface area (Å²) in [6.07, 6.45) is 0. The van der Waals surface area contributed by atoms with Crippen LogP contribution in [0.25, 0.3) is 160 Å². The third kappa shape index (κ3) is 13.1. The Morgan fingerprint density at radius 1 is 0.168 bits per heavy atom. The predicted molar refractivity (Wildman–Crippen MR) is 454 cm³/mol. The molecule has 107 heavy (non-hydrogen) atoms. The monoisotopic (exact) mass is 1360 g/mol. The topological polar surface area (TPSA) is 21.3 Å². The molecule has 0 fully saturated rings. The first-order valence-corrected chi connectivity index (χ1v) is 36.6. The molecule has 20 rings (SSSR count). The summed E-state index contributed by atoms with van der Waals surface area (Å²) in [5.41, 5.74) is 28.4. The van der Waals surface area contributed by atoms with E-state index in [1.807, 2.05) is 0 Å². The lowest BCUT2D eigenvalue weighted by molar-refractivity contribution is 0.669. The zero-order chi connectivity index (χ0) is 71.2. The van der Waals surface area contributed by atoms with E-state index < -0.39 is 0 Å². The highest BCUT2D eigenvalue weighted by Gasteiger charge is 2.20. The molecule has 504 valence electrons. The van der Waals surface area contributed by atoms with Gasteiger partial charge >= 0.3 is 0 Å². The number of hydrogen-bond donors (Lipinski definition) is 0. The van der Waals surface area contributed by atoms with Gasteiger partial charge in [-0.1, -0.05) is 346 Å². The summed E-state index contributed by atoms with van der Waals surface area (Å²) in [5.74, 6) is 0. The van der Waals surface area contributed by atoms with Gasteiger partial charge in [-0.25, -0.2) is 0 Å². The van der Waals surface area contributed by atoms with Crippen LogP contribution in [0.15, 0.2) is 441 Å². The van der Waals surface area contributed by atoms with Crippen molar-refractivity contribution in [3.8, 4) is 94.7 Å². The zero-order valence-corrected chi connectivity index (χ0v) is 58.9. The molecule has 0 radical (unpaired) electrons. The number of furan rings is 1. The maximum atomic E-state index is 6.38. The summed E-state index contributed by atoms with van der Waals surface area (Å²) < 4.78 is 8.73. The Morgan fingerprint density at radius 3 is 0.804 bits per heavy atom. The van der Waals surface area contributed by atoms with Crippen molar-refractivity contribution < 1.29 is 4.42 Å². The van der Waals surface area contributed by atoms with Gasteiger partial charge in [0.2, 0.25) is 0 Å². The molecule has 0 saturated heterocycles. The van der Waals surface area contributed by atoms with Crippen LogP contribution in [0.3, 0.4) is 0 Å². The Morgan fingerprint density at radius 2 is 0.421 bits per heavy atom. The van der Waals surface area contributed by atoms with Crippen molar-refractivity contribution in [3.05, 3.63) is 437 Å². The number of benzene rings is 18. The molecule has 3 nitrogen and oxygen atoms in total. The SMILES string of the molecule is c1ccc(-c2ccc(-n3c4ccccc4c4ccccc43)cc2)cc1.c1ccc(-c2ccc(N(c3ccc(-c4ccccc4)cc3)c3ccc(-c4ccccc4)cc3)cc2)cc1.c1ccc(-c2cccc(-c3ccc4oc5ccc(-c6c7ccccc7c(-c7ccccc7)c7ccccc67)cc5c4c3)c2)cc1. The lowest BCUT2D eigenvalue weighted by atomic mass is 9.86. The number of aromatic nitrogens is 1. The molecule has 2 aromatic heterocycles. The minimum Gasteiger partial charge on any atom is -0.456 e. The number of anilines is 3. The van der Waals surface area contributed by atoms with E-state index in [-0.39, 0.29) is 0 Å². The Hall–Kier alpha value is -14.1. The van der Waals surface area contributed by atoms with Crippen LogP contribution >= 0.6 is 0 Å². The number of fused-ring (bicyclic) bond motifs is 8. The molecule has 2 heterocycles. The van der Waals surface area contributed by atoms with Crippen LogP contribution in [0.2, 0.25) is 0 Å². The highest BCUT2D eigenvalue weighted by Crippen LogP contribution is 2.46. The third-order valence-corrected chi connectivity index (χ3v) is 20.6. The second-order valence-corrected chi connectivity index (χ2v) is 27.0. The maximum absolute atomic E-state index is 6.38. The van der Waals surface area contributed by atoms with Crippen molar-refractivity contribution in [1.82, 2.24) is 4.57 Å². The molecule has 0 aliphatic rings. The van der Waals surface area contributed by atoms with E-state index >= 15 is 0 Å². The molecule has 0 atom stereocenters. The molecule has 0 bridgehead atoms. The van der Waals surface area contributed by atoms with Gasteiger partial charge in [-0.3, -0.25) is 0 Å². The number of rotatable bonds is 12. The van der Waals surface area contributed by atoms with Crippen molar-refractivity contribution >= 4 is 82.4 Å². The fourth-order valence-corrected chi connectivity index (χ4v) is 15.4. The van der Waals surface area contributed by atoms with E-state index in [0.717, 1.165) is 39.0 Å². The van der Waals surface area contributed by atoms with Crippen molar-refractivity contribution in [2.75, 3.05) is 4.90 Å². The molecular formula is C104H72N2O. The molecule has 0 unspecified atom stereocenters. The number of nitrogens with zero attached hydrogens (tertiary/aromatic N) is 2. The van der Waals surface area contributed by atoms with Crippen molar-refractivity contribution in [3.63, 3.8) is 0 Å². The molecule has 0 aliphatic carbocycles. The highest BCUT2D eigenvalue weighted by atomic mass is 16.3. The molecule has 0 saturated carbocycles. The Kier molecular flexibility index (Phi) is 17.8. The molecule has 0 aliphatic heterocycles. The highest BCUT2D eigenvalue weighted by molar-refractivity contribution is 6.22.